The van der Waals surface area contributed by atoms with E-state index in [9.17, 15) is 18.0 Å². The van der Waals surface area contributed by atoms with Crippen molar-refractivity contribution in [3.63, 3.8) is 0 Å². The minimum atomic E-state index is -4.05. The van der Waals surface area contributed by atoms with E-state index in [1.807, 2.05) is 44.2 Å². The van der Waals surface area contributed by atoms with Gasteiger partial charge in [0.15, 0.2) is 0 Å². The molecule has 0 bridgehead atoms. The number of carbonyl (C=O) groups excluding carboxylic acids is 2. The molecule has 0 spiro atoms. The highest BCUT2D eigenvalue weighted by atomic mass is 35.5. The highest BCUT2D eigenvalue weighted by Gasteiger charge is 2.41. The minimum Gasteiger partial charge on any atom is -0.298 e. The van der Waals surface area contributed by atoms with Crippen molar-refractivity contribution in [1.29, 1.82) is 0 Å². The first-order valence-corrected chi connectivity index (χ1v) is 14.4. The summed E-state index contributed by atoms with van der Waals surface area (Å²) in [6.07, 6.45) is 0.725. The first-order valence-electron chi connectivity index (χ1n) is 11.7. The van der Waals surface area contributed by atoms with Gasteiger partial charge in [-0.25, -0.2) is 13.1 Å². The van der Waals surface area contributed by atoms with E-state index in [4.69, 9.17) is 11.6 Å². The molecule has 190 valence electrons. The Morgan fingerprint density at radius 2 is 1.86 bits per heavy atom. The highest BCUT2D eigenvalue weighted by molar-refractivity contribution is 7.92. The van der Waals surface area contributed by atoms with Gasteiger partial charge in [0.25, 0.3) is 15.9 Å². The standard InChI is InChI=1S/C26H28ClN3O4S2/c1-4-16(2)23-26(32)30(17(3)25(31)29-36(33,34)22-11-8-14-35-22)21-13-12-19(27)15-20(21)24(28-23)18-9-6-5-7-10-18/h5-17,23-24,28H,4H2,1-3H3,(H,29,31)/t16-,17?,23+,24?/m0/s1. The molecular formula is C26H28ClN3O4S2. The number of anilines is 1. The van der Waals surface area contributed by atoms with Gasteiger partial charge in [-0.05, 0) is 53.6 Å². The van der Waals surface area contributed by atoms with Gasteiger partial charge >= 0.3 is 0 Å². The van der Waals surface area contributed by atoms with Gasteiger partial charge in [-0.15, -0.1) is 11.3 Å². The van der Waals surface area contributed by atoms with Gasteiger partial charge in [-0.1, -0.05) is 68.3 Å². The Balaban J connectivity index is 1.81. The Bertz CT molecular complexity index is 1350. The number of hydrogen-bond acceptors (Lipinski definition) is 6. The molecule has 3 aromatic rings. The summed E-state index contributed by atoms with van der Waals surface area (Å²) >= 11 is 7.40. The molecule has 10 heteroatoms. The number of nitrogens with one attached hydrogen (secondary N) is 2. The second-order valence-corrected chi connectivity index (χ2v) is 12.2. The van der Waals surface area contributed by atoms with Crippen molar-refractivity contribution in [2.24, 2.45) is 5.92 Å². The van der Waals surface area contributed by atoms with Crippen LogP contribution in [-0.2, 0) is 19.6 Å². The Kier molecular flexibility index (Phi) is 7.85. The molecule has 2 aromatic carbocycles. The van der Waals surface area contributed by atoms with Crippen molar-refractivity contribution in [1.82, 2.24) is 10.0 Å². The maximum Gasteiger partial charge on any atom is 0.273 e. The highest BCUT2D eigenvalue weighted by Crippen LogP contribution is 2.38. The fourth-order valence-corrected chi connectivity index (χ4v) is 6.57. The molecule has 2 N–H and O–H groups in total. The molecule has 1 aliphatic rings. The Morgan fingerprint density at radius 1 is 1.14 bits per heavy atom. The minimum absolute atomic E-state index is 0.0284. The molecule has 7 nitrogen and oxygen atoms in total. The van der Waals surface area contributed by atoms with Crippen LogP contribution in [0.5, 0.6) is 0 Å². The van der Waals surface area contributed by atoms with E-state index in [1.54, 1.807) is 29.6 Å². The SMILES string of the molecule is CC[C@H](C)[C@H]1NC(c2ccccc2)c2cc(Cl)ccc2N(C(C)C(=O)NS(=O)(=O)c2cccs2)C1=O. The van der Waals surface area contributed by atoms with E-state index in [0.717, 1.165) is 28.9 Å². The fraction of sp³-hybridized carbons (Fsp3) is 0.308. The topological polar surface area (TPSA) is 95.6 Å². The molecule has 2 heterocycles. The zero-order valence-electron chi connectivity index (χ0n) is 20.1. The van der Waals surface area contributed by atoms with Gasteiger partial charge in [-0.2, -0.15) is 0 Å². The van der Waals surface area contributed by atoms with Crippen LogP contribution in [0, 0.1) is 5.92 Å². The number of rotatable bonds is 7. The molecule has 2 amide bonds. The predicted molar refractivity (Wildman–Crippen MR) is 143 cm³/mol. The largest absolute Gasteiger partial charge is 0.298 e. The van der Waals surface area contributed by atoms with Gasteiger partial charge in [0.2, 0.25) is 5.91 Å². The zero-order valence-corrected chi connectivity index (χ0v) is 22.5. The summed E-state index contributed by atoms with van der Waals surface area (Å²) in [4.78, 5) is 28.7. The van der Waals surface area contributed by atoms with Crippen LogP contribution in [0.1, 0.15) is 44.4 Å². The lowest BCUT2D eigenvalue weighted by Crippen LogP contribution is -2.55. The predicted octanol–water partition coefficient (Wildman–Crippen LogP) is 4.74. The van der Waals surface area contributed by atoms with Crippen molar-refractivity contribution in [2.75, 3.05) is 4.90 Å². The summed E-state index contributed by atoms with van der Waals surface area (Å²) in [5.74, 6) is -1.15. The molecule has 0 radical (unpaired) electrons. The molecule has 0 fully saturated rings. The van der Waals surface area contributed by atoms with Crippen LogP contribution in [0.2, 0.25) is 5.02 Å². The summed E-state index contributed by atoms with van der Waals surface area (Å²) < 4.78 is 27.6. The third-order valence-corrected chi connectivity index (χ3v) is 9.50. The number of fused-ring (bicyclic) bond motifs is 1. The summed E-state index contributed by atoms with van der Waals surface area (Å²) in [6.45, 7) is 5.51. The molecule has 36 heavy (non-hydrogen) atoms. The quantitative estimate of drug-likeness (QED) is 0.447. The molecule has 2 unspecified atom stereocenters. The molecule has 4 rings (SSSR count). The number of halogens is 1. The number of amides is 2. The van der Waals surface area contributed by atoms with Gasteiger partial charge in [0.1, 0.15) is 10.3 Å². The number of nitrogens with zero attached hydrogens (tertiary/aromatic N) is 1. The van der Waals surface area contributed by atoms with E-state index in [2.05, 4.69) is 10.0 Å². The summed E-state index contributed by atoms with van der Waals surface area (Å²) in [7, 11) is -4.05. The summed E-state index contributed by atoms with van der Waals surface area (Å²) in [6, 6.07) is 15.8. The maximum atomic E-state index is 14.0. The third-order valence-electron chi connectivity index (χ3n) is 6.52. The van der Waals surface area contributed by atoms with Crippen molar-refractivity contribution in [3.05, 3.63) is 82.2 Å². The molecule has 1 aromatic heterocycles. The normalized spacial score (nSPS) is 19.8. The second-order valence-electron chi connectivity index (χ2n) is 8.86. The lowest BCUT2D eigenvalue weighted by Gasteiger charge is -2.32. The van der Waals surface area contributed by atoms with E-state index in [0.29, 0.717) is 10.7 Å². The van der Waals surface area contributed by atoms with E-state index < -0.39 is 28.0 Å². The monoisotopic (exact) mass is 545 g/mol. The molecule has 1 aliphatic heterocycles. The maximum absolute atomic E-state index is 14.0. The van der Waals surface area contributed by atoms with Crippen LogP contribution in [-0.4, -0.2) is 32.3 Å². The summed E-state index contributed by atoms with van der Waals surface area (Å²) in [5.41, 5.74) is 2.18. The Hall–Kier alpha value is -2.72. The Labute approximate surface area is 220 Å². The first-order chi connectivity index (χ1) is 17.1. The molecule has 4 atom stereocenters. The molecule has 0 saturated heterocycles. The van der Waals surface area contributed by atoms with Crippen molar-refractivity contribution < 1.29 is 18.0 Å². The van der Waals surface area contributed by atoms with Crippen LogP contribution in [0.3, 0.4) is 0 Å². The average Bonchev–Trinajstić information content (AvgIpc) is 3.38. The number of carbonyl (C=O) groups is 2. The number of hydrogen-bond donors (Lipinski definition) is 2. The number of sulfonamides is 1. The number of benzene rings is 2. The third kappa shape index (κ3) is 5.20. The van der Waals surface area contributed by atoms with Crippen LogP contribution in [0.25, 0.3) is 0 Å². The molecular weight excluding hydrogens is 518 g/mol. The average molecular weight is 546 g/mol. The van der Waals surface area contributed by atoms with Gasteiger partial charge < -0.3 is 0 Å². The van der Waals surface area contributed by atoms with E-state index in [1.165, 1.54) is 17.9 Å². The van der Waals surface area contributed by atoms with Gasteiger partial charge in [0.05, 0.1) is 12.1 Å². The number of thiophene rings is 1. The van der Waals surface area contributed by atoms with Crippen LogP contribution >= 0.6 is 22.9 Å². The van der Waals surface area contributed by atoms with Crippen molar-refractivity contribution >= 4 is 50.5 Å². The van der Waals surface area contributed by atoms with Crippen LogP contribution in [0.15, 0.2) is 70.3 Å². The van der Waals surface area contributed by atoms with E-state index >= 15 is 0 Å². The van der Waals surface area contributed by atoms with Crippen molar-refractivity contribution in [2.45, 2.75) is 49.5 Å². The summed E-state index contributed by atoms with van der Waals surface area (Å²) in [5, 5.41) is 5.62. The van der Waals surface area contributed by atoms with Crippen LogP contribution < -0.4 is 14.9 Å². The van der Waals surface area contributed by atoms with E-state index in [-0.39, 0.29) is 22.1 Å². The van der Waals surface area contributed by atoms with Gasteiger partial charge in [0, 0.05) is 10.7 Å². The smallest absolute Gasteiger partial charge is 0.273 e. The lowest BCUT2D eigenvalue weighted by molar-refractivity contribution is -0.126. The van der Waals surface area contributed by atoms with Gasteiger partial charge in [-0.3, -0.25) is 19.8 Å². The Morgan fingerprint density at radius 3 is 2.50 bits per heavy atom. The molecule has 0 saturated carbocycles. The second kappa shape index (κ2) is 10.7. The van der Waals surface area contributed by atoms with Crippen molar-refractivity contribution in [3.8, 4) is 0 Å². The molecule has 0 aliphatic carbocycles. The lowest BCUT2D eigenvalue weighted by atomic mass is 9.94. The van der Waals surface area contributed by atoms with Crippen LogP contribution in [0.4, 0.5) is 5.69 Å². The first kappa shape index (κ1) is 26.3. The zero-order chi connectivity index (χ0) is 26.0. The fourth-order valence-electron chi connectivity index (χ4n) is 4.35.